The fourth-order valence-corrected chi connectivity index (χ4v) is 3.76. The van der Waals surface area contributed by atoms with Crippen LogP contribution in [0.2, 0.25) is 0 Å². The fraction of sp³-hybridized carbons (Fsp3) is 0.286. The van der Waals surface area contributed by atoms with Gasteiger partial charge >= 0.3 is 5.97 Å². The van der Waals surface area contributed by atoms with Crippen molar-refractivity contribution in [1.29, 1.82) is 0 Å². The number of likely N-dealkylation sites (N-methyl/N-ethyl adjacent to an activating group) is 1. The number of pyridine rings is 1. The zero-order valence-corrected chi connectivity index (χ0v) is 17.6. The number of esters is 1. The van der Waals surface area contributed by atoms with E-state index in [1.807, 2.05) is 43.3 Å². The van der Waals surface area contributed by atoms with Gasteiger partial charge in [0.15, 0.2) is 11.5 Å². The highest BCUT2D eigenvalue weighted by molar-refractivity contribution is 7.97. The number of nitrogens with one attached hydrogen (secondary N) is 1. The highest BCUT2D eigenvalue weighted by Gasteiger charge is 2.31. The highest BCUT2D eigenvalue weighted by atomic mass is 32.2. The average Bonchev–Trinajstić information content (AvgIpc) is 2.67. The van der Waals surface area contributed by atoms with Crippen LogP contribution in [0.3, 0.4) is 0 Å². The molecule has 152 valence electrons. The molecule has 29 heavy (non-hydrogen) atoms. The first kappa shape index (κ1) is 20.7. The number of benzene rings is 1. The molecule has 1 amide bonds. The summed E-state index contributed by atoms with van der Waals surface area (Å²) in [6, 6.07) is 13.0. The van der Waals surface area contributed by atoms with E-state index in [4.69, 9.17) is 9.47 Å². The van der Waals surface area contributed by atoms with Gasteiger partial charge in [-0.05, 0) is 43.1 Å². The second kappa shape index (κ2) is 9.00. The lowest BCUT2D eigenvalue weighted by molar-refractivity contribution is -0.163. The van der Waals surface area contributed by atoms with Crippen LogP contribution in [0.1, 0.15) is 31.5 Å². The molecule has 1 N–H and O–H groups in total. The second-order valence-corrected chi connectivity index (χ2v) is 7.58. The van der Waals surface area contributed by atoms with Gasteiger partial charge in [0, 0.05) is 36.5 Å². The number of carbonyl (C=O) groups excluding carboxylic acids is 2. The van der Waals surface area contributed by atoms with E-state index in [0.717, 1.165) is 16.2 Å². The molecule has 0 saturated carbocycles. The van der Waals surface area contributed by atoms with E-state index >= 15 is 0 Å². The van der Waals surface area contributed by atoms with Gasteiger partial charge in [0.1, 0.15) is 5.82 Å². The molecule has 2 aromatic rings. The molecular weight excluding hydrogens is 390 g/mol. The minimum Gasteiger partial charge on any atom is -0.452 e. The molecule has 1 atom stereocenters. The van der Waals surface area contributed by atoms with E-state index in [1.165, 1.54) is 11.9 Å². The van der Waals surface area contributed by atoms with Crippen molar-refractivity contribution in [2.24, 2.45) is 0 Å². The van der Waals surface area contributed by atoms with Crippen LogP contribution in [0.5, 0.6) is 0 Å². The van der Waals surface area contributed by atoms with E-state index in [-0.39, 0.29) is 18.3 Å². The van der Waals surface area contributed by atoms with Gasteiger partial charge in [0.25, 0.3) is 5.91 Å². The second-order valence-electron chi connectivity index (χ2n) is 6.41. The average molecular weight is 413 g/mol. The van der Waals surface area contributed by atoms with Crippen molar-refractivity contribution < 1.29 is 19.1 Å². The molecule has 0 bridgehead atoms. The summed E-state index contributed by atoms with van der Waals surface area (Å²) in [5.41, 5.74) is 1.87. The molecule has 8 heteroatoms. The molecule has 0 radical (unpaired) electrons. The Morgan fingerprint density at radius 2 is 1.97 bits per heavy atom. The van der Waals surface area contributed by atoms with Crippen molar-refractivity contribution in [2.75, 3.05) is 12.4 Å². The predicted octanol–water partition coefficient (Wildman–Crippen LogP) is 3.97. The molecule has 3 rings (SSSR count). The first-order valence-electron chi connectivity index (χ1n) is 9.25. The number of rotatable bonds is 6. The van der Waals surface area contributed by atoms with Crippen molar-refractivity contribution in [3.05, 3.63) is 59.4 Å². The standard InChI is InChI=1S/C21H23N3O4S/c1-5-18(25)27-14(3)28-20-15-10-6-7-11-16(15)29-24(4)19(20)21(26)23-17-12-8-9-13(2)22-17/h6-12,14H,5H2,1-4H3,(H,22,23,26). The molecular formula is C21H23N3O4S. The monoisotopic (exact) mass is 413 g/mol. The number of anilines is 1. The van der Waals surface area contributed by atoms with Crippen molar-refractivity contribution in [1.82, 2.24) is 9.29 Å². The number of hydrogen-bond acceptors (Lipinski definition) is 7. The number of aryl methyl sites for hydroxylation is 1. The Hall–Kier alpha value is -3.00. The zero-order chi connectivity index (χ0) is 21.0. The molecule has 1 aliphatic heterocycles. The van der Waals surface area contributed by atoms with Gasteiger partial charge in [-0.15, -0.1) is 0 Å². The molecule has 1 unspecified atom stereocenters. The Kier molecular flexibility index (Phi) is 6.43. The first-order chi connectivity index (χ1) is 13.9. The van der Waals surface area contributed by atoms with E-state index in [1.54, 1.807) is 31.3 Å². The molecule has 0 saturated heterocycles. The van der Waals surface area contributed by atoms with E-state index in [9.17, 15) is 9.59 Å². The SMILES string of the molecule is CCC(=O)OC(C)OC1=C(C(=O)Nc2cccc(C)n2)N(C)Sc2ccccc21. The summed E-state index contributed by atoms with van der Waals surface area (Å²) in [5, 5.41) is 2.82. The lowest BCUT2D eigenvalue weighted by Crippen LogP contribution is -2.30. The van der Waals surface area contributed by atoms with E-state index < -0.39 is 6.29 Å². The maximum Gasteiger partial charge on any atom is 0.308 e. The molecule has 0 spiro atoms. The Labute approximate surface area is 174 Å². The topological polar surface area (TPSA) is 80.8 Å². The Balaban J connectivity index is 1.98. The molecule has 1 aliphatic rings. The number of carbonyl (C=O) groups is 2. The largest absolute Gasteiger partial charge is 0.452 e. The van der Waals surface area contributed by atoms with Gasteiger partial charge in [-0.1, -0.05) is 25.1 Å². The zero-order valence-electron chi connectivity index (χ0n) is 16.8. The molecule has 2 heterocycles. The third-order valence-electron chi connectivity index (χ3n) is 4.11. The van der Waals surface area contributed by atoms with Crippen molar-refractivity contribution in [2.45, 2.75) is 38.4 Å². The van der Waals surface area contributed by atoms with Crippen LogP contribution >= 0.6 is 11.9 Å². The maximum atomic E-state index is 13.1. The minimum atomic E-state index is -0.845. The summed E-state index contributed by atoms with van der Waals surface area (Å²) in [6.07, 6.45) is -0.604. The van der Waals surface area contributed by atoms with Gasteiger partial charge < -0.3 is 19.1 Å². The number of fused-ring (bicyclic) bond motifs is 1. The van der Waals surface area contributed by atoms with Gasteiger partial charge in [-0.3, -0.25) is 9.59 Å². The van der Waals surface area contributed by atoms with Crippen LogP contribution in [0.25, 0.3) is 5.76 Å². The van der Waals surface area contributed by atoms with Crippen LogP contribution in [-0.4, -0.2) is 34.5 Å². The van der Waals surface area contributed by atoms with Crippen molar-refractivity contribution in [3.63, 3.8) is 0 Å². The summed E-state index contributed by atoms with van der Waals surface area (Å²) in [7, 11) is 1.78. The quantitative estimate of drug-likeness (QED) is 0.436. The summed E-state index contributed by atoms with van der Waals surface area (Å²) in [5.74, 6) is 0.0597. The number of aromatic nitrogens is 1. The first-order valence-corrected chi connectivity index (χ1v) is 10.0. The molecule has 1 aromatic heterocycles. The van der Waals surface area contributed by atoms with Gasteiger partial charge in [-0.2, -0.15) is 0 Å². The number of amides is 1. The van der Waals surface area contributed by atoms with E-state index in [0.29, 0.717) is 17.3 Å². The molecule has 0 fully saturated rings. The fourth-order valence-electron chi connectivity index (χ4n) is 2.81. The van der Waals surface area contributed by atoms with Crippen LogP contribution in [0, 0.1) is 6.92 Å². The summed E-state index contributed by atoms with van der Waals surface area (Å²) in [4.78, 5) is 30.0. The Morgan fingerprint density at radius 1 is 1.21 bits per heavy atom. The van der Waals surface area contributed by atoms with Crippen molar-refractivity contribution >= 4 is 35.4 Å². The van der Waals surface area contributed by atoms with Crippen LogP contribution in [0.4, 0.5) is 5.82 Å². The minimum absolute atomic E-state index is 0.242. The van der Waals surface area contributed by atoms with Gasteiger partial charge in [0.2, 0.25) is 6.29 Å². The number of ether oxygens (including phenoxy) is 2. The third kappa shape index (κ3) is 4.89. The third-order valence-corrected chi connectivity index (χ3v) is 5.12. The van der Waals surface area contributed by atoms with Crippen LogP contribution in [-0.2, 0) is 19.1 Å². The molecule has 0 aliphatic carbocycles. The lowest BCUT2D eigenvalue weighted by Gasteiger charge is -2.30. The number of hydrogen-bond donors (Lipinski definition) is 1. The summed E-state index contributed by atoms with van der Waals surface area (Å²) in [6.45, 7) is 5.19. The van der Waals surface area contributed by atoms with E-state index in [2.05, 4.69) is 10.3 Å². The van der Waals surface area contributed by atoms with Gasteiger partial charge in [-0.25, -0.2) is 4.98 Å². The number of nitrogens with zero attached hydrogens (tertiary/aromatic N) is 2. The Morgan fingerprint density at radius 3 is 2.69 bits per heavy atom. The maximum absolute atomic E-state index is 13.1. The lowest BCUT2D eigenvalue weighted by atomic mass is 10.1. The predicted molar refractivity (Wildman–Crippen MR) is 112 cm³/mol. The normalized spacial score (nSPS) is 14.1. The molecule has 1 aromatic carbocycles. The molecule has 7 nitrogen and oxygen atoms in total. The smallest absolute Gasteiger partial charge is 0.308 e. The highest BCUT2D eigenvalue weighted by Crippen LogP contribution is 2.41. The Bertz CT molecular complexity index is 960. The van der Waals surface area contributed by atoms with Crippen molar-refractivity contribution in [3.8, 4) is 0 Å². The summed E-state index contributed by atoms with van der Waals surface area (Å²) < 4.78 is 12.9. The summed E-state index contributed by atoms with van der Waals surface area (Å²) >= 11 is 1.42. The van der Waals surface area contributed by atoms with Crippen LogP contribution < -0.4 is 5.32 Å². The van der Waals surface area contributed by atoms with Crippen LogP contribution in [0.15, 0.2) is 53.1 Å². The van der Waals surface area contributed by atoms with Gasteiger partial charge in [0.05, 0.1) is 0 Å².